The molecule has 0 aliphatic carbocycles. The number of carbonyl (C=O) groups excluding carboxylic acids is 1. The molecule has 2 amide bonds. The maximum absolute atomic E-state index is 12.2. The van der Waals surface area contributed by atoms with Crippen LogP contribution in [0, 0.1) is 0 Å². The number of rotatable bonds is 5. The van der Waals surface area contributed by atoms with Crippen molar-refractivity contribution in [3.63, 3.8) is 0 Å². The maximum atomic E-state index is 12.2. The number of carboxylic acid groups (broad SMARTS) is 1. The van der Waals surface area contributed by atoms with Crippen molar-refractivity contribution in [2.75, 3.05) is 13.1 Å². The van der Waals surface area contributed by atoms with Crippen molar-refractivity contribution in [1.82, 2.24) is 25.4 Å². The Morgan fingerprint density at radius 1 is 1.52 bits per heavy atom. The largest absolute Gasteiger partial charge is 0.480 e. The topological polar surface area (TPSA) is 111 Å². The first-order chi connectivity index (χ1) is 10.0. The van der Waals surface area contributed by atoms with Gasteiger partial charge in [0.1, 0.15) is 17.7 Å². The second-order valence-corrected chi connectivity index (χ2v) is 5.46. The van der Waals surface area contributed by atoms with E-state index < -0.39 is 11.5 Å². The van der Waals surface area contributed by atoms with Crippen LogP contribution < -0.4 is 5.32 Å². The molecule has 1 aliphatic rings. The van der Waals surface area contributed by atoms with E-state index in [-0.39, 0.29) is 6.03 Å². The van der Waals surface area contributed by atoms with Gasteiger partial charge in [-0.2, -0.15) is 5.10 Å². The molecule has 1 saturated heterocycles. The predicted octanol–water partition coefficient (Wildman–Crippen LogP) is 0.776. The quantitative estimate of drug-likeness (QED) is 0.695. The highest BCUT2D eigenvalue weighted by Crippen LogP contribution is 2.28. The van der Waals surface area contributed by atoms with Crippen LogP contribution in [0.15, 0.2) is 6.33 Å². The molecule has 0 bridgehead atoms. The number of aromatic amines is 1. The van der Waals surface area contributed by atoms with E-state index in [1.807, 2.05) is 0 Å². The van der Waals surface area contributed by atoms with E-state index in [0.717, 1.165) is 25.1 Å². The zero-order valence-electron chi connectivity index (χ0n) is 12.1. The molecule has 3 N–H and O–H groups in total. The molecular weight excluding hydrogens is 274 g/mol. The van der Waals surface area contributed by atoms with Crippen LogP contribution in [0.4, 0.5) is 4.79 Å². The van der Waals surface area contributed by atoms with E-state index in [4.69, 9.17) is 0 Å². The molecule has 1 aliphatic heterocycles. The van der Waals surface area contributed by atoms with Crippen molar-refractivity contribution >= 4 is 12.0 Å². The van der Waals surface area contributed by atoms with Gasteiger partial charge in [-0.05, 0) is 32.6 Å². The number of H-pyrrole nitrogens is 1. The molecule has 1 aromatic rings. The Morgan fingerprint density at radius 2 is 2.33 bits per heavy atom. The van der Waals surface area contributed by atoms with E-state index in [9.17, 15) is 14.7 Å². The van der Waals surface area contributed by atoms with Gasteiger partial charge in [0.15, 0.2) is 0 Å². The number of aryl methyl sites for hydroxylation is 1. The smallest absolute Gasteiger partial charge is 0.329 e. The van der Waals surface area contributed by atoms with Crippen LogP contribution in [0.25, 0.3) is 0 Å². The predicted molar refractivity (Wildman–Crippen MR) is 74.7 cm³/mol. The van der Waals surface area contributed by atoms with E-state index in [1.165, 1.54) is 11.2 Å². The lowest BCUT2D eigenvalue weighted by molar-refractivity contribution is -0.150. The van der Waals surface area contributed by atoms with E-state index in [2.05, 4.69) is 20.5 Å². The minimum absolute atomic E-state index is 0.308. The third-order valence-corrected chi connectivity index (χ3v) is 3.93. The summed E-state index contributed by atoms with van der Waals surface area (Å²) in [4.78, 5) is 29.1. The molecule has 8 nitrogen and oxygen atoms in total. The first-order valence-electron chi connectivity index (χ1n) is 7.17. The number of amides is 2. The highest BCUT2D eigenvalue weighted by Gasteiger charge is 2.43. The van der Waals surface area contributed by atoms with Gasteiger partial charge < -0.3 is 15.3 Å². The minimum atomic E-state index is -1.10. The van der Waals surface area contributed by atoms with Crippen LogP contribution in [0.2, 0.25) is 0 Å². The number of piperidine rings is 1. The fourth-order valence-corrected chi connectivity index (χ4v) is 2.57. The number of carbonyl (C=O) groups is 2. The number of aliphatic carboxylic acids is 1. The maximum Gasteiger partial charge on any atom is 0.329 e. The SMILES string of the molecule is CC1(C(=O)O)CCCCN1C(=O)NCCCc1ncn[nH]1. The molecule has 1 atom stereocenters. The Balaban J connectivity index is 1.82. The lowest BCUT2D eigenvalue weighted by atomic mass is 9.89. The summed E-state index contributed by atoms with van der Waals surface area (Å²) in [5, 5.41) is 18.7. The minimum Gasteiger partial charge on any atom is -0.480 e. The van der Waals surface area contributed by atoms with E-state index in [1.54, 1.807) is 6.92 Å². The molecule has 2 rings (SSSR count). The number of hydrogen-bond donors (Lipinski definition) is 3. The Morgan fingerprint density at radius 3 is 3.00 bits per heavy atom. The highest BCUT2D eigenvalue weighted by atomic mass is 16.4. The van der Waals surface area contributed by atoms with Gasteiger partial charge in [-0.25, -0.2) is 14.6 Å². The van der Waals surface area contributed by atoms with Crippen molar-refractivity contribution < 1.29 is 14.7 Å². The zero-order valence-corrected chi connectivity index (χ0v) is 12.1. The van der Waals surface area contributed by atoms with Gasteiger partial charge >= 0.3 is 12.0 Å². The normalized spacial score (nSPS) is 22.0. The Kier molecular flexibility index (Phi) is 4.77. The third kappa shape index (κ3) is 3.50. The first kappa shape index (κ1) is 15.3. The van der Waals surface area contributed by atoms with Gasteiger partial charge in [-0.15, -0.1) is 0 Å². The number of hydrogen-bond acceptors (Lipinski definition) is 4. The third-order valence-electron chi connectivity index (χ3n) is 3.93. The lowest BCUT2D eigenvalue weighted by Gasteiger charge is -2.41. The van der Waals surface area contributed by atoms with Crippen molar-refractivity contribution in [2.45, 2.75) is 44.6 Å². The van der Waals surface area contributed by atoms with E-state index >= 15 is 0 Å². The van der Waals surface area contributed by atoms with Gasteiger partial charge in [-0.3, -0.25) is 5.10 Å². The van der Waals surface area contributed by atoms with Crippen LogP contribution >= 0.6 is 0 Å². The number of carboxylic acids is 1. The van der Waals surface area contributed by atoms with Crippen molar-refractivity contribution in [2.24, 2.45) is 0 Å². The molecule has 0 spiro atoms. The van der Waals surface area contributed by atoms with E-state index in [0.29, 0.717) is 25.9 Å². The van der Waals surface area contributed by atoms with Gasteiger partial charge in [0.05, 0.1) is 0 Å². The highest BCUT2D eigenvalue weighted by molar-refractivity contribution is 5.86. The second-order valence-electron chi connectivity index (χ2n) is 5.46. The molecule has 0 aromatic carbocycles. The summed E-state index contributed by atoms with van der Waals surface area (Å²) in [7, 11) is 0. The summed E-state index contributed by atoms with van der Waals surface area (Å²) < 4.78 is 0. The zero-order chi connectivity index (χ0) is 15.3. The summed E-state index contributed by atoms with van der Waals surface area (Å²) in [5.74, 6) is -0.170. The van der Waals surface area contributed by atoms with Crippen molar-refractivity contribution in [3.8, 4) is 0 Å². The fraction of sp³-hybridized carbons (Fsp3) is 0.692. The van der Waals surface area contributed by atoms with Crippen LogP contribution in [0.5, 0.6) is 0 Å². The van der Waals surface area contributed by atoms with Gasteiger partial charge in [0, 0.05) is 19.5 Å². The molecule has 1 fully saturated rings. The summed E-state index contributed by atoms with van der Waals surface area (Å²) in [6.45, 7) is 2.57. The number of nitrogens with one attached hydrogen (secondary N) is 2. The molecule has 8 heteroatoms. The van der Waals surface area contributed by atoms with Crippen molar-refractivity contribution in [3.05, 3.63) is 12.2 Å². The standard InChI is InChI=1S/C13H21N5O3/c1-13(11(19)20)6-2-3-8-18(13)12(21)14-7-4-5-10-15-9-16-17-10/h9H,2-8H2,1H3,(H,14,21)(H,19,20)(H,15,16,17). The van der Waals surface area contributed by atoms with Gasteiger partial charge in [-0.1, -0.05) is 0 Å². The molecule has 0 radical (unpaired) electrons. The number of nitrogens with zero attached hydrogens (tertiary/aromatic N) is 3. The number of urea groups is 1. The van der Waals surface area contributed by atoms with Crippen molar-refractivity contribution in [1.29, 1.82) is 0 Å². The van der Waals surface area contributed by atoms with Crippen LogP contribution in [0.3, 0.4) is 0 Å². The summed E-state index contributed by atoms with van der Waals surface area (Å²) >= 11 is 0. The van der Waals surface area contributed by atoms with Gasteiger partial charge in [0.25, 0.3) is 0 Å². The summed E-state index contributed by atoms with van der Waals surface area (Å²) in [6, 6.07) is -0.308. The van der Waals surface area contributed by atoms with Crippen LogP contribution in [-0.4, -0.2) is 55.8 Å². The lowest BCUT2D eigenvalue weighted by Crippen LogP contribution is -2.60. The Hall–Kier alpha value is -2.12. The Bertz CT molecular complexity index is 490. The number of likely N-dealkylation sites (tertiary alicyclic amines) is 1. The molecule has 2 heterocycles. The molecule has 21 heavy (non-hydrogen) atoms. The Labute approximate surface area is 122 Å². The second kappa shape index (κ2) is 6.55. The number of aromatic nitrogens is 3. The van der Waals surface area contributed by atoms with Crippen LogP contribution in [-0.2, 0) is 11.2 Å². The molecule has 0 saturated carbocycles. The molecule has 116 valence electrons. The first-order valence-corrected chi connectivity index (χ1v) is 7.17. The molecule has 1 unspecified atom stereocenters. The summed E-state index contributed by atoms with van der Waals surface area (Å²) in [5.41, 5.74) is -1.10. The summed E-state index contributed by atoms with van der Waals surface area (Å²) in [6.07, 6.45) is 5.02. The average Bonchev–Trinajstić information content (AvgIpc) is 2.97. The molecular formula is C13H21N5O3. The molecule has 1 aromatic heterocycles. The monoisotopic (exact) mass is 295 g/mol. The van der Waals surface area contributed by atoms with Gasteiger partial charge in [0.2, 0.25) is 0 Å². The van der Waals surface area contributed by atoms with Crippen LogP contribution in [0.1, 0.15) is 38.4 Å². The average molecular weight is 295 g/mol. The fourth-order valence-electron chi connectivity index (χ4n) is 2.57.